The van der Waals surface area contributed by atoms with E-state index in [1.54, 1.807) is 34.1 Å². The molecule has 0 radical (unpaired) electrons. The Bertz CT molecular complexity index is 180. The average Bonchev–Trinajstić information content (AvgIpc) is 2.37. The van der Waals surface area contributed by atoms with E-state index in [9.17, 15) is 0 Å². The topological polar surface area (TPSA) is 0 Å². The van der Waals surface area contributed by atoms with Crippen molar-refractivity contribution in [1.82, 2.24) is 0 Å². The van der Waals surface area contributed by atoms with E-state index >= 15 is 0 Å². The predicted octanol–water partition coefficient (Wildman–Crippen LogP) is 3.18. The molecule has 0 atom stereocenters. The molecule has 1 aliphatic carbocycles. The van der Waals surface area contributed by atoms with Gasteiger partial charge in [-0.25, -0.2) is 0 Å². The number of rotatable bonds is 1. The van der Waals surface area contributed by atoms with Gasteiger partial charge in [-0.3, -0.25) is 0 Å². The van der Waals surface area contributed by atoms with Crippen LogP contribution in [0.3, 0.4) is 0 Å². The summed E-state index contributed by atoms with van der Waals surface area (Å²) in [4.78, 5) is 0. The molecule has 0 aromatic heterocycles. The van der Waals surface area contributed by atoms with Crippen LogP contribution in [-0.2, 0) is 24.7 Å². The van der Waals surface area contributed by atoms with Crippen LogP contribution in [-0.4, -0.2) is 5.88 Å². The second-order valence-electron chi connectivity index (χ2n) is 2.21. The van der Waals surface area contributed by atoms with E-state index < -0.39 is 0 Å². The third-order valence-corrected chi connectivity index (χ3v) is 2.96. The molecule has 1 aliphatic rings. The molecule has 1 rings (SSSR count). The van der Waals surface area contributed by atoms with Crippen LogP contribution < -0.4 is 0 Å². The standard InChI is InChI=1S/C6H7.C3H5Cl.Zr/c1-6-4-2-3-5-6;1-2-3-4;/h2,4H,3H2,1H3;2H,1,3H2;. The SMILES string of the molecule is C=CCCl.CC1=[C]([Zr])CC=C1. The molecule has 0 aliphatic heterocycles. The normalized spacial score (nSPS) is 14.3. The Morgan fingerprint density at radius 2 is 2.36 bits per heavy atom. The quantitative estimate of drug-likeness (QED) is 0.493. The summed E-state index contributed by atoms with van der Waals surface area (Å²) in [6.45, 7) is 5.52. The van der Waals surface area contributed by atoms with Crippen LogP contribution in [0, 0.1) is 0 Å². The summed E-state index contributed by atoms with van der Waals surface area (Å²) in [6.07, 6.45) is 7.27. The van der Waals surface area contributed by atoms with E-state index in [2.05, 4.69) is 25.7 Å². The molecule has 0 N–H and O–H groups in total. The minimum atomic E-state index is 0.556. The molecule has 0 aromatic rings. The first-order chi connectivity index (χ1) is 5.22. The van der Waals surface area contributed by atoms with E-state index in [4.69, 9.17) is 11.6 Å². The third kappa shape index (κ3) is 5.64. The molecular formula is C9H12ClZr. The Morgan fingerprint density at radius 1 is 1.82 bits per heavy atom. The molecule has 0 spiro atoms. The van der Waals surface area contributed by atoms with Crippen LogP contribution in [0.15, 0.2) is 33.7 Å². The zero-order valence-corrected chi connectivity index (χ0v) is 9.95. The predicted molar refractivity (Wildman–Crippen MR) is 47.4 cm³/mol. The molecule has 2 heteroatoms. The number of halogens is 1. The van der Waals surface area contributed by atoms with E-state index in [0.717, 1.165) is 0 Å². The summed E-state index contributed by atoms with van der Waals surface area (Å²) in [5.41, 5.74) is 1.48. The molecule has 0 heterocycles. The van der Waals surface area contributed by atoms with Crippen LogP contribution in [0.1, 0.15) is 13.3 Å². The molecule has 0 bridgehead atoms. The fourth-order valence-electron chi connectivity index (χ4n) is 0.615. The fourth-order valence-corrected chi connectivity index (χ4v) is 1.11. The van der Waals surface area contributed by atoms with Gasteiger partial charge in [-0.05, 0) is 0 Å². The van der Waals surface area contributed by atoms with E-state index in [-0.39, 0.29) is 0 Å². The van der Waals surface area contributed by atoms with Crippen molar-refractivity contribution < 1.29 is 24.7 Å². The summed E-state index contributed by atoms with van der Waals surface area (Å²) in [5, 5.41) is 0. The van der Waals surface area contributed by atoms with Crippen molar-refractivity contribution in [3.05, 3.63) is 33.7 Å². The summed E-state index contributed by atoms with van der Waals surface area (Å²) < 4.78 is 1.60. The van der Waals surface area contributed by atoms with Crippen molar-refractivity contribution in [2.75, 3.05) is 5.88 Å². The first-order valence-electron chi connectivity index (χ1n) is 3.47. The molecule has 59 valence electrons. The summed E-state index contributed by atoms with van der Waals surface area (Å²) >= 11 is 6.65. The summed E-state index contributed by atoms with van der Waals surface area (Å²) in [7, 11) is 0. The molecule has 0 saturated heterocycles. The molecule has 0 amide bonds. The van der Waals surface area contributed by atoms with Gasteiger partial charge >= 0.3 is 59.1 Å². The van der Waals surface area contributed by atoms with Gasteiger partial charge < -0.3 is 0 Å². The molecule has 11 heavy (non-hydrogen) atoms. The van der Waals surface area contributed by atoms with Crippen molar-refractivity contribution >= 4 is 11.6 Å². The van der Waals surface area contributed by atoms with Gasteiger partial charge in [0.25, 0.3) is 0 Å². The maximum absolute atomic E-state index is 5.07. The Balaban J connectivity index is 0.000000218. The summed E-state index contributed by atoms with van der Waals surface area (Å²) in [5.74, 6) is 0.556. The van der Waals surface area contributed by atoms with E-state index in [0.29, 0.717) is 5.88 Å². The van der Waals surface area contributed by atoms with Crippen molar-refractivity contribution in [2.45, 2.75) is 13.3 Å². The molecule has 0 unspecified atom stereocenters. The van der Waals surface area contributed by atoms with Crippen molar-refractivity contribution in [2.24, 2.45) is 0 Å². The summed E-state index contributed by atoms with van der Waals surface area (Å²) in [6, 6.07) is 0. The number of hydrogen-bond donors (Lipinski definition) is 0. The van der Waals surface area contributed by atoms with E-state index in [1.807, 2.05) is 0 Å². The molecule has 0 fully saturated rings. The monoisotopic (exact) mass is 245 g/mol. The second-order valence-corrected chi connectivity index (χ2v) is 4.00. The molecule has 0 saturated carbocycles. The first kappa shape index (κ1) is 11.4. The van der Waals surface area contributed by atoms with Crippen LogP contribution in [0.4, 0.5) is 0 Å². The van der Waals surface area contributed by atoms with Gasteiger partial charge in [0.05, 0.1) is 0 Å². The Labute approximate surface area is 88.9 Å². The van der Waals surface area contributed by atoms with Gasteiger partial charge in [0.15, 0.2) is 0 Å². The van der Waals surface area contributed by atoms with Crippen LogP contribution in [0.25, 0.3) is 0 Å². The Kier molecular flexibility index (Phi) is 7.32. The first-order valence-corrected chi connectivity index (χ1v) is 5.23. The van der Waals surface area contributed by atoms with Crippen LogP contribution in [0.5, 0.6) is 0 Å². The van der Waals surface area contributed by atoms with E-state index in [1.165, 1.54) is 12.0 Å². The second kappa shape index (κ2) is 7.06. The van der Waals surface area contributed by atoms with Crippen molar-refractivity contribution in [3.63, 3.8) is 0 Å². The minimum absolute atomic E-state index is 0.556. The number of hydrogen-bond acceptors (Lipinski definition) is 0. The van der Waals surface area contributed by atoms with Crippen molar-refractivity contribution in [3.8, 4) is 0 Å². The maximum atomic E-state index is 5.07. The Morgan fingerprint density at radius 3 is 2.45 bits per heavy atom. The number of alkyl halides is 1. The molecule has 0 nitrogen and oxygen atoms in total. The van der Waals surface area contributed by atoms with Crippen LogP contribution >= 0.6 is 11.6 Å². The van der Waals surface area contributed by atoms with Gasteiger partial charge in [0.2, 0.25) is 0 Å². The zero-order chi connectivity index (χ0) is 8.69. The van der Waals surface area contributed by atoms with Crippen molar-refractivity contribution in [1.29, 1.82) is 0 Å². The average molecular weight is 247 g/mol. The molecule has 0 aromatic carbocycles. The van der Waals surface area contributed by atoms with Gasteiger partial charge in [-0.2, -0.15) is 0 Å². The van der Waals surface area contributed by atoms with Gasteiger partial charge in [0, 0.05) is 5.88 Å². The van der Waals surface area contributed by atoms with Crippen LogP contribution in [0.2, 0.25) is 0 Å². The van der Waals surface area contributed by atoms with Gasteiger partial charge in [-0.15, -0.1) is 18.2 Å². The zero-order valence-electron chi connectivity index (χ0n) is 6.73. The Hall–Kier alpha value is 0.393. The van der Waals surface area contributed by atoms with Gasteiger partial charge in [0.1, 0.15) is 0 Å². The number of allylic oxidation sites excluding steroid dienone is 5. The third-order valence-electron chi connectivity index (χ3n) is 1.27. The molecular weight excluding hydrogens is 235 g/mol. The van der Waals surface area contributed by atoms with Gasteiger partial charge in [-0.1, -0.05) is 6.08 Å². The fraction of sp³-hybridized carbons (Fsp3) is 0.333.